The van der Waals surface area contributed by atoms with Crippen LogP contribution in [0.3, 0.4) is 0 Å². The van der Waals surface area contributed by atoms with E-state index in [2.05, 4.69) is 15.3 Å². The number of hydrogen-bond donors (Lipinski definition) is 1. The number of carbonyl (C=O) groups excluding carboxylic acids is 1. The highest BCUT2D eigenvalue weighted by molar-refractivity contribution is 5.89. The fraction of sp³-hybridized carbons (Fsp3) is 0.286. The lowest BCUT2D eigenvalue weighted by Crippen LogP contribution is -2.28. The van der Waals surface area contributed by atoms with Crippen LogP contribution in [-0.4, -0.2) is 20.4 Å². The third-order valence-corrected chi connectivity index (χ3v) is 2.80. The number of nitrogens with zero attached hydrogens (tertiary/aromatic N) is 3. The molecular weight excluding hydrogens is 256 g/mol. The third kappa shape index (κ3) is 3.50. The minimum absolute atomic E-state index is 0.0779. The van der Waals surface area contributed by atoms with E-state index in [-0.39, 0.29) is 18.0 Å². The van der Waals surface area contributed by atoms with Crippen molar-refractivity contribution in [3.63, 3.8) is 0 Å². The number of rotatable bonds is 4. The molecule has 0 bridgehead atoms. The summed E-state index contributed by atoms with van der Waals surface area (Å²) in [6.45, 7) is 3.75. The normalized spacial score (nSPS) is 10.3. The smallest absolute Gasteiger partial charge is 0.253 e. The Labute approximate surface area is 116 Å². The maximum absolute atomic E-state index is 11.9. The Kier molecular flexibility index (Phi) is 4.24. The lowest BCUT2D eigenvalue weighted by atomic mass is 10.3. The predicted molar refractivity (Wildman–Crippen MR) is 75.5 cm³/mol. The van der Waals surface area contributed by atoms with E-state index >= 15 is 0 Å². The zero-order valence-corrected chi connectivity index (χ0v) is 11.5. The van der Waals surface area contributed by atoms with Crippen molar-refractivity contribution >= 4 is 11.7 Å². The number of carbonyl (C=O) groups is 1. The molecule has 0 saturated heterocycles. The average Bonchev–Trinajstić information content (AvgIpc) is 2.41. The summed E-state index contributed by atoms with van der Waals surface area (Å²) in [5, 5.41) is 2.65. The van der Waals surface area contributed by atoms with Crippen molar-refractivity contribution in [1.29, 1.82) is 0 Å². The van der Waals surface area contributed by atoms with Crippen LogP contribution in [0.2, 0.25) is 0 Å². The van der Waals surface area contributed by atoms with E-state index in [0.29, 0.717) is 17.9 Å². The first-order valence-corrected chi connectivity index (χ1v) is 6.36. The number of anilines is 1. The van der Waals surface area contributed by atoms with Gasteiger partial charge in [-0.3, -0.25) is 14.2 Å². The van der Waals surface area contributed by atoms with Gasteiger partial charge >= 0.3 is 0 Å². The Morgan fingerprint density at radius 1 is 1.35 bits per heavy atom. The van der Waals surface area contributed by atoms with Gasteiger partial charge < -0.3 is 5.32 Å². The van der Waals surface area contributed by atoms with E-state index < -0.39 is 0 Å². The largest absolute Gasteiger partial charge is 0.309 e. The molecule has 0 fully saturated rings. The van der Waals surface area contributed by atoms with Crippen LogP contribution in [0, 0.1) is 6.92 Å². The summed E-state index contributed by atoms with van der Waals surface area (Å²) in [4.78, 5) is 31.8. The second kappa shape index (κ2) is 6.10. The van der Waals surface area contributed by atoms with Crippen LogP contribution in [0.25, 0.3) is 0 Å². The fourth-order valence-electron chi connectivity index (χ4n) is 1.72. The van der Waals surface area contributed by atoms with Gasteiger partial charge in [0.2, 0.25) is 5.91 Å². The minimum Gasteiger partial charge on any atom is -0.309 e. The summed E-state index contributed by atoms with van der Waals surface area (Å²) in [6, 6.07) is 5.05. The van der Waals surface area contributed by atoms with Gasteiger partial charge in [-0.2, -0.15) is 0 Å². The van der Waals surface area contributed by atoms with Crippen LogP contribution in [0.5, 0.6) is 0 Å². The summed E-state index contributed by atoms with van der Waals surface area (Å²) in [7, 11) is 0. The van der Waals surface area contributed by atoms with Gasteiger partial charge in [0.15, 0.2) is 0 Å². The Bertz CT molecular complexity index is 679. The van der Waals surface area contributed by atoms with Crippen molar-refractivity contribution in [3.8, 4) is 0 Å². The van der Waals surface area contributed by atoms with E-state index in [1.807, 2.05) is 19.9 Å². The summed E-state index contributed by atoms with van der Waals surface area (Å²) >= 11 is 0. The zero-order chi connectivity index (χ0) is 14.5. The molecule has 1 amide bonds. The van der Waals surface area contributed by atoms with E-state index in [4.69, 9.17) is 0 Å². The van der Waals surface area contributed by atoms with Gasteiger partial charge in [-0.15, -0.1) is 0 Å². The first kappa shape index (κ1) is 13.9. The molecule has 0 aliphatic rings. The third-order valence-electron chi connectivity index (χ3n) is 2.80. The van der Waals surface area contributed by atoms with Gasteiger partial charge in [0.1, 0.15) is 12.4 Å². The number of aryl methyl sites for hydroxylation is 2. The molecule has 20 heavy (non-hydrogen) atoms. The van der Waals surface area contributed by atoms with E-state index in [1.54, 1.807) is 12.3 Å². The number of pyridine rings is 1. The summed E-state index contributed by atoms with van der Waals surface area (Å²) in [5.41, 5.74) is 1.48. The van der Waals surface area contributed by atoms with E-state index in [1.165, 1.54) is 17.0 Å². The standard InChI is InChI=1S/C14H16N4O2/c1-3-11-7-14(20)18(9-16-11)8-13(19)17-12-6-10(2)4-5-15-12/h4-7,9H,3,8H2,1-2H3,(H,15,17,19). The number of amides is 1. The second-order valence-corrected chi connectivity index (χ2v) is 4.47. The molecule has 6 nitrogen and oxygen atoms in total. The quantitative estimate of drug-likeness (QED) is 0.905. The van der Waals surface area contributed by atoms with Gasteiger partial charge in [0.25, 0.3) is 5.56 Å². The van der Waals surface area contributed by atoms with Crippen LogP contribution < -0.4 is 10.9 Å². The minimum atomic E-state index is -0.309. The van der Waals surface area contributed by atoms with Crippen LogP contribution in [0.4, 0.5) is 5.82 Å². The number of nitrogens with one attached hydrogen (secondary N) is 1. The topological polar surface area (TPSA) is 76.9 Å². The highest BCUT2D eigenvalue weighted by Crippen LogP contribution is 2.05. The van der Waals surface area contributed by atoms with Gasteiger partial charge in [-0.1, -0.05) is 6.92 Å². The molecule has 6 heteroatoms. The van der Waals surface area contributed by atoms with Crippen molar-refractivity contribution in [1.82, 2.24) is 14.5 Å². The van der Waals surface area contributed by atoms with E-state index in [9.17, 15) is 9.59 Å². The summed E-state index contributed by atoms with van der Waals surface area (Å²) < 4.78 is 1.27. The monoisotopic (exact) mass is 272 g/mol. The molecular formula is C14H16N4O2. The summed E-state index contributed by atoms with van der Waals surface area (Å²) in [6.07, 6.45) is 3.70. The van der Waals surface area contributed by atoms with Gasteiger partial charge in [0, 0.05) is 18.0 Å². The highest BCUT2D eigenvalue weighted by atomic mass is 16.2. The van der Waals surface area contributed by atoms with Crippen LogP contribution in [-0.2, 0) is 17.8 Å². The maximum atomic E-state index is 11.9. The molecule has 2 aromatic heterocycles. The molecule has 0 aromatic carbocycles. The van der Waals surface area contributed by atoms with Crippen molar-refractivity contribution in [2.24, 2.45) is 0 Å². The molecule has 0 spiro atoms. The number of aromatic nitrogens is 3. The molecule has 0 unspecified atom stereocenters. The molecule has 0 aliphatic heterocycles. The highest BCUT2D eigenvalue weighted by Gasteiger charge is 2.06. The maximum Gasteiger partial charge on any atom is 0.253 e. The van der Waals surface area contributed by atoms with Crippen LogP contribution >= 0.6 is 0 Å². The zero-order valence-electron chi connectivity index (χ0n) is 11.5. The van der Waals surface area contributed by atoms with Gasteiger partial charge in [-0.25, -0.2) is 9.97 Å². The SMILES string of the molecule is CCc1cc(=O)n(CC(=O)Nc2cc(C)ccn2)cn1. The fourth-order valence-corrected chi connectivity index (χ4v) is 1.72. The lowest BCUT2D eigenvalue weighted by Gasteiger charge is -2.07. The Morgan fingerprint density at radius 3 is 2.80 bits per heavy atom. The molecule has 2 heterocycles. The average molecular weight is 272 g/mol. The summed E-state index contributed by atoms with van der Waals surface area (Å²) in [5.74, 6) is 0.164. The molecule has 1 N–H and O–H groups in total. The Balaban J connectivity index is 2.07. The second-order valence-electron chi connectivity index (χ2n) is 4.47. The molecule has 0 saturated carbocycles. The molecule has 2 rings (SSSR count). The first-order chi connectivity index (χ1) is 9.58. The van der Waals surface area contributed by atoms with E-state index in [0.717, 1.165) is 5.56 Å². The Morgan fingerprint density at radius 2 is 2.15 bits per heavy atom. The Hall–Kier alpha value is -2.50. The van der Waals surface area contributed by atoms with Crippen molar-refractivity contribution in [2.75, 3.05) is 5.32 Å². The van der Waals surface area contributed by atoms with Gasteiger partial charge in [0.05, 0.1) is 6.33 Å². The van der Waals surface area contributed by atoms with Gasteiger partial charge in [-0.05, 0) is 31.0 Å². The van der Waals surface area contributed by atoms with Crippen molar-refractivity contribution < 1.29 is 4.79 Å². The molecule has 2 aromatic rings. The molecule has 0 atom stereocenters. The molecule has 0 radical (unpaired) electrons. The number of hydrogen-bond acceptors (Lipinski definition) is 4. The lowest BCUT2D eigenvalue weighted by molar-refractivity contribution is -0.116. The van der Waals surface area contributed by atoms with Crippen molar-refractivity contribution in [3.05, 3.63) is 52.3 Å². The first-order valence-electron chi connectivity index (χ1n) is 6.36. The van der Waals surface area contributed by atoms with Crippen molar-refractivity contribution in [2.45, 2.75) is 26.8 Å². The van der Waals surface area contributed by atoms with Crippen LogP contribution in [0.1, 0.15) is 18.2 Å². The molecule has 0 aliphatic carbocycles. The molecule has 104 valence electrons. The predicted octanol–water partition coefficient (Wildman–Crippen LogP) is 1.15. The van der Waals surface area contributed by atoms with Crippen LogP contribution in [0.15, 0.2) is 35.5 Å².